The number of aromatic nitrogens is 3. The van der Waals surface area contributed by atoms with Crippen molar-refractivity contribution in [1.29, 1.82) is 0 Å². The van der Waals surface area contributed by atoms with Gasteiger partial charge in [0.2, 0.25) is 5.78 Å². The number of aryl methyl sites for hydroxylation is 2. The maximum atomic E-state index is 13.2. The first kappa shape index (κ1) is 24.0. The van der Waals surface area contributed by atoms with Gasteiger partial charge in [0.15, 0.2) is 12.3 Å². The molecule has 0 unspecified atom stereocenters. The van der Waals surface area contributed by atoms with Crippen molar-refractivity contribution in [2.75, 3.05) is 20.8 Å². The van der Waals surface area contributed by atoms with Crippen LogP contribution in [0.5, 0.6) is 11.5 Å². The van der Waals surface area contributed by atoms with Gasteiger partial charge in [0.1, 0.15) is 23.0 Å². The zero-order valence-electron chi connectivity index (χ0n) is 20.5. The first-order valence-corrected chi connectivity index (χ1v) is 11.1. The molecule has 0 aliphatic carbocycles. The van der Waals surface area contributed by atoms with Crippen LogP contribution in [0.2, 0.25) is 0 Å². The number of carbonyl (C=O) groups excluding carboxylic acids is 2. The molecule has 0 fully saturated rings. The maximum Gasteiger partial charge on any atom is 0.339 e. The number of hydrogen-bond acceptors (Lipinski definition) is 8. The lowest BCUT2D eigenvalue weighted by molar-refractivity contribution is 0.0476. The summed E-state index contributed by atoms with van der Waals surface area (Å²) in [5.74, 6) is 1.20. The summed E-state index contributed by atoms with van der Waals surface area (Å²) in [6.07, 6.45) is 1.59. The first-order chi connectivity index (χ1) is 16.7. The molecule has 9 heteroatoms. The highest BCUT2D eigenvalue weighted by molar-refractivity contribution is 6.06. The SMILES string of the molecule is COc1ccc(OC)c(C(=O)COC(=O)c2cc(-c3cc(C)oc3C)nc3c2cnn3C(C)C)c1. The third-order valence-corrected chi connectivity index (χ3v) is 5.63. The van der Waals surface area contributed by atoms with Gasteiger partial charge in [-0.15, -0.1) is 0 Å². The van der Waals surface area contributed by atoms with Gasteiger partial charge < -0.3 is 18.6 Å². The number of hydrogen-bond donors (Lipinski definition) is 0. The van der Waals surface area contributed by atoms with E-state index in [-0.39, 0.29) is 17.2 Å². The quantitative estimate of drug-likeness (QED) is 0.259. The van der Waals surface area contributed by atoms with Gasteiger partial charge in [-0.2, -0.15) is 5.10 Å². The lowest BCUT2D eigenvalue weighted by Crippen LogP contribution is -2.16. The Morgan fingerprint density at radius 3 is 2.46 bits per heavy atom. The van der Waals surface area contributed by atoms with Gasteiger partial charge in [-0.3, -0.25) is 4.79 Å². The van der Waals surface area contributed by atoms with E-state index in [1.165, 1.54) is 14.2 Å². The number of furan rings is 1. The number of benzene rings is 1. The van der Waals surface area contributed by atoms with Crippen LogP contribution >= 0.6 is 0 Å². The fourth-order valence-corrected chi connectivity index (χ4v) is 3.91. The van der Waals surface area contributed by atoms with E-state index in [2.05, 4.69) is 5.10 Å². The van der Waals surface area contributed by atoms with Crippen LogP contribution < -0.4 is 9.47 Å². The lowest BCUT2D eigenvalue weighted by Gasteiger charge is -2.11. The minimum absolute atomic E-state index is 0.0217. The minimum Gasteiger partial charge on any atom is -0.497 e. The van der Waals surface area contributed by atoms with Crippen LogP contribution in [-0.4, -0.2) is 47.3 Å². The Bertz CT molecular complexity index is 1420. The molecule has 35 heavy (non-hydrogen) atoms. The van der Waals surface area contributed by atoms with Crippen LogP contribution in [0.25, 0.3) is 22.3 Å². The van der Waals surface area contributed by atoms with Crippen molar-refractivity contribution in [2.45, 2.75) is 33.7 Å². The summed E-state index contributed by atoms with van der Waals surface area (Å²) in [7, 11) is 2.97. The molecule has 0 amide bonds. The van der Waals surface area contributed by atoms with Gasteiger partial charge in [0.25, 0.3) is 0 Å². The summed E-state index contributed by atoms with van der Waals surface area (Å²) in [6.45, 7) is 7.18. The molecule has 4 rings (SSSR count). The van der Waals surface area contributed by atoms with Crippen molar-refractivity contribution in [3.8, 4) is 22.8 Å². The standard InChI is InChI=1S/C26H27N3O6/c1-14(2)29-25-21(12-27-29)19(11-22(28-25)18-9-15(3)35-16(18)4)26(31)34-13-23(30)20-10-17(32-5)7-8-24(20)33-6/h7-12,14H,13H2,1-6H3. The third kappa shape index (κ3) is 4.62. The molecule has 3 heterocycles. The highest BCUT2D eigenvalue weighted by Crippen LogP contribution is 2.30. The number of ether oxygens (including phenoxy) is 3. The zero-order valence-corrected chi connectivity index (χ0v) is 20.5. The summed E-state index contributed by atoms with van der Waals surface area (Å²) in [6, 6.07) is 8.39. The highest BCUT2D eigenvalue weighted by Gasteiger charge is 2.23. The Hall–Kier alpha value is -4.14. The Balaban J connectivity index is 1.69. The number of rotatable bonds is 8. The van der Waals surface area contributed by atoms with Gasteiger partial charge in [-0.05, 0) is 58.0 Å². The smallest absolute Gasteiger partial charge is 0.339 e. The molecule has 0 aliphatic rings. The molecule has 4 aromatic rings. The largest absolute Gasteiger partial charge is 0.497 e. The van der Waals surface area contributed by atoms with Gasteiger partial charge >= 0.3 is 5.97 Å². The van der Waals surface area contributed by atoms with Crippen molar-refractivity contribution >= 4 is 22.8 Å². The summed E-state index contributed by atoms with van der Waals surface area (Å²) in [4.78, 5) is 30.8. The molecular formula is C26H27N3O6. The van der Waals surface area contributed by atoms with Crippen LogP contribution in [0.3, 0.4) is 0 Å². The first-order valence-electron chi connectivity index (χ1n) is 11.1. The number of pyridine rings is 1. The Morgan fingerprint density at radius 1 is 1.06 bits per heavy atom. The molecule has 0 atom stereocenters. The van der Waals surface area contributed by atoms with Gasteiger partial charge in [-0.1, -0.05) is 0 Å². The number of Topliss-reactive ketones (excluding diaryl/α,β-unsaturated/α-hetero) is 1. The fraction of sp³-hybridized carbons (Fsp3) is 0.308. The zero-order chi connectivity index (χ0) is 25.3. The Morgan fingerprint density at radius 2 is 1.83 bits per heavy atom. The molecular weight excluding hydrogens is 450 g/mol. The van der Waals surface area contributed by atoms with Gasteiger partial charge in [0.05, 0.1) is 42.6 Å². The Kier molecular flexibility index (Phi) is 6.59. The van der Waals surface area contributed by atoms with Gasteiger partial charge in [-0.25, -0.2) is 14.5 Å². The normalized spacial score (nSPS) is 11.2. The molecule has 0 spiro atoms. The number of methoxy groups -OCH3 is 2. The van der Waals surface area contributed by atoms with Crippen LogP contribution in [0.1, 0.15) is 52.1 Å². The van der Waals surface area contributed by atoms with Crippen LogP contribution in [0.15, 0.2) is 40.9 Å². The van der Waals surface area contributed by atoms with E-state index in [4.69, 9.17) is 23.6 Å². The molecule has 1 aromatic carbocycles. The average molecular weight is 478 g/mol. The second kappa shape index (κ2) is 9.61. The van der Waals surface area contributed by atoms with E-state index in [0.29, 0.717) is 34.0 Å². The van der Waals surface area contributed by atoms with Crippen molar-refractivity contribution in [2.24, 2.45) is 0 Å². The van der Waals surface area contributed by atoms with Crippen LogP contribution in [0.4, 0.5) is 0 Å². The van der Waals surface area contributed by atoms with E-state index < -0.39 is 18.4 Å². The Labute approximate surface area is 202 Å². The molecule has 0 saturated carbocycles. The maximum absolute atomic E-state index is 13.2. The monoisotopic (exact) mass is 477 g/mol. The van der Waals surface area contributed by atoms with Crippen LogP contribution in [0, 0.1) is 13.8 Å². The van der Waals surface area contributed by atoms with Crippen molar-refractivity contribution in [3.63, 3.8) is 0 Å². The van der Waals surface area contributed by atoms with Gasteiger partial charge in [0, 0.05) is 11.6 Å². The molecule has 0 saturated heterocycles. The van der Waals surface area contributed by atoms with E-state index in [1.807, 2.05) is 33.8 Å². The molecule has 3 aromatic heterocycles. The number of carbonyl (C=O) groups is 2. The number of ketones is 1. The van der Waals surface area contributed by atoms with Crippen molar-refractivity contribution in [1.82, 2.24) is 14.8 Å². The second-order valence-corrected chi connectivity index (χ2v) is 8.37. The van der Waals surface area contributed by atoms with E-state index >= 15 is 0 Å². The van der Waals surface area contributed by atoms with E-state index in [0.717, 1.165) is 11.3 Å². The minimum atomic E-state index is -0.657. The topological polar surface area (TPSA) is 106 Å². The molecule has 9 nitrogen and oxygen atoms in total. The fourth-order valence-electron chi connectivity index (χ4n) is 3.91. The second-order valence-electron chi connectivity index (χ2n) is 8.37. The van der Waals surface area contributed by atoms with E-state index in [9.17, 15) is 9.59 Å². The summed E-state index contributed by atoms with van der Waals surface area (Å²) >= 11 is 0. The average Bonchev–Trinajstić information content (AvgIpc) is 3.43. The van der Waals surface area contributed by atoms with Crippen molar-refractivity contribution in [3.05, 3.63) is 59.2 Å². The molecule has 0 N–H and O–H groups in total. The number of nitrogens with zero attached hydrogens (tertiary/aromatic N) is 3. The van der Waals surface area contributed by atoms with Crippen molar-refractivity contribution < 1.29 is 28.2 Å². The molecule has 0 bridgehead atoms. The summed E-state index contributed by atoms with van der Waals surface area (Å²) in [5, 5.41) is 4.95. The molecule has 182 valence electrons. The van der Waals surface area contributed by atoms with Crippen LogP contribution in [-0.2, 0) is 4.74 Å². The number of esters is 1. The summed E-state index contributed by atoms with van der Waals surface area (Å²) in [5.41, 5.74) is 2.40. The number of fused-ring (bicyclic) bond motifs is 1. The highest BCUT2D eigenvalue weighted by atomic mass is 16.5. The molecule has 0 radical (unpaired) electrons. The predicted octanol–water partition coefficient (Wildman–Crippen LogP) is 4.95. The predicted molar refractivity (Wildman–Crippen MR) is 129 cm³/mol. The van der Waals surface area contributed by atoms with E-state index in [1.54, 1.807) is 35.1 Å². The lowest BCUT2D eigenvalue weighted by atomic mass is 10.1. The summed E-state index contributed by atoms with van der Waals surface area (Å²) < 4.78 is 23.3. The molecule has 0 aliphatic heterocycles. The third-order valence-electron chi connectivity index (χ3n) is 5.63.